The van der Waals surface area contributed by atoms with Gasteiger partial charge in [0, 0.05) is 18.3 Å². The average molecular weight is 276 g/mol. The summed E-state index contributed by atoms with van der Waals surface area (Å²) < 4.78 is 0. The van der Waals surface area contributed by atoms with E-state index in [4.69, 9.17) is 0 Å². The zero-order chi connectivity index (χ0) is 14.4. The van der Waals surface area contributed by atoms with Crippen LogP contribution < -0.4 is 10.6 Å². The first kappa shape index (κ1) is 14.8. The molecule has 1 aliphatic rings. The van der Waals surface area contributed by atoms with E-state index in [1.54, 1.807) is 6.07 Å². The highest BCUT2D eigenvalue weighted by atomic mass is 16.1. The maximum Gasteiger partial charge on any atom is 0.270 e. The van der Waals surface area contributed by atoms with Crippen LogP contribution in [0, 0.1) is 6.92 Å². The Morgan fingerprint density at radius 3 is 2.80 bits per heavy atom. The van der Waals surface area contributed by atoms with E-state index in [0.29, 0.717) is 17.7 Å². The Balaban J connectivity index is 2.00. The fourth-order valence-corrected chi connectivity index (χ4v) is 2.47. The van der Waals surface area contributed by atoms with Crippen molar-refractivity contribution in [3.05, 3.63) is 17.5 Å². The number of hydrogen-bond donors (Lipinski definition) is 2. The van der Waals surface area contributed by atoms with Gasteiger partial charge in [0.2, 0.25) is 5.95 Å². The molecule has 0 atom stereocenters. The molecule has 1 aromatic rings. The molecular weight excluding hydrogens is 252 g/mol. The number of carbonyl (C=O) groups excluding carboxylic acids is 1. The van der Waals surface area contributed by atoms with Crippen molar-refractivity contribution in [1.82, 2.24) is 15.3 Å². The van der Waals surface area contributed by atoms with Gasteiger partial charge in [-0.05, 0) is 32.3 Å². The van der Waals surface area contributed by atoms with Gasteiger partial charge in [0.25, 0.3) is 5.91 Å². The zero-order valence-electron chi connectivity index (χ0n) is 12.4. The van der Waals surface area contributed by atoms with Crippen molar-refractivity contribution in [2.75, 3.05) is 11.9 Å². The maximum atomic E-state index is 12.2. The summed E-state index contributed by atoms with van der Waals surface area (Å²) in [5, 5.41) is 6.23. The number of anilines is 1. The quantitative estimate of drug-likeness (QED) is 0.784. The van der Waals surface area contributed by atoms with E-state index in [9.17, 15) is 4.79 Å². The lowest BCUT2D eigenvalue weighted by atomic mass is 10.2. The van der Waals surface area contributed by atoms with Gasteiger partial charge < -0.3 is 10.6 Å². The van der Waals surface area contributed by atoms with Crippen LogP contribution in [-0.2, 0) is 0 Å². The lowest BCUT2D eigenvalue weighted by Crippen LogP contribution is -2.33. The van der Waals surface area contributed by atoms with Crippen LogP contribution in [0.15, 0.2) is 6.07 Å². The number of amides is 1. The molecule has 0 unspecified atom stereocenters. The van der Waals surface area contributed by atoms with Gasteiger partial charge in [-0.15, -0.1) is 0 Å². The molecule has 0 aliphatic heterocycles. The minimum Gasteiger partial charge on any atom is -0.354 e. The minimum atomic E-state index is -0.0825. The van der Waals surface area contributed by atoms with Crippen LogP contribution in [0.4, 0.5) is 5.95 Å². The summed E-state index contributed by atoms with van der Waals surface area (Å²) in [5.74, 6) is 0.468. The molecule has 1 saturated carbocycles. The van der Waals surface area contributed by atoms with Crippen molar-refractivity contribution < 1.29 is 4.79 Å². The number of aryl methyl sites for hydroxylation is 1. The summed E-state index contributed by atoms with van der Waals surface area (Å²) in [6.45, 7) is 4.86. The second-order valence-corrected chi connectivity index (χ2v) is 5.45. The smallest absolute Gasteiger partial charge is 0.270 e. The minimum absolute atomic E-state index is 0.0825. The molecule has 20 heavy (non-hydrogen) atoms. The van der Waals surface area contributed by atoms with Gasteiger partial charge in [0.15, 0.2) is 0 Å². The molecule has 110 valence electrons. The zero-order valence-corrected chi connectivity index (χ0v) is 12.4. The van der Waals surface area contributed by atoms with Gasteiger partial charge in [-0.25, -0.2) is 9.97 Å². The number of rotatable bonds is 6. The van der Waals surface area contributed by atoms with Crippen molar-refractivity contribution in [3.8, 4) is 0 Å². The third kappa shape index (κ3) is 4.18. The highest BCUT2D eigenvalue weighted by molar-refractivity contribution is 5.92. The lowest BCUT2D eigenvalue weighted by molar-refractivity contribution is 0.0932. The van der Waals surface area contributed by atoms with Gasteiger partial charge in [-0.1, -0.05) is 26.2 Å². The molecule has 0 radical (unpaired) electrons. The van der Waals surface area contributed by atoms with Crippen molar-refractivity contribution in [1.29, 1.82) is 0 Å². The lowest BCUT2D eigenvalue weighted by Gasteiger charge is -2.12. The van der Waals surface area contributed by atoms with Gasteiger partial charge in [0.05, 0.1) is 0 Å². The number of unbranched alkanes of at least 4 members (excludes halogenated alkanes) is 1. The topological polar surface area (TPSA) is 66.9 Å². The Hall–Kier alpha value is -1.65. The molecule has 1 amide bonds. The van der Waals surface area contributed by atoms with E-state index in [1.807, 2.05) is 6.92 Å². The van der Waals surface area contributed by atoms with Crippen LogP contribution >= 0.6 is 0 Å². The van der Waals surface area contributed by atoms with Crippen LogP contribution in [-0.4, -0.2) is 28.5 Å². The first-order valence-corrected chi connectivity index (χ1v) is 7.59. The van der Waals surface area contributed by atoms with Crippen LogP contribution in [0.5, 0.6) is 0 Å². The van der Waals surface area contributed by atoms with Crippen molar-refractivity contribution in [3.63, 3.8) is 0 Å². The summed E-state index contributed by atoms with van der Waals surface area (Å²) in [7, 11) is 0. The fourth-order valence-electron chi connectivity index (χ4n) is 2.47. The molecule has 2 N–H and O–H groups in total. The summed E-state index contributed by atoms with van der Waals surface area (Å²) in [6, 6.07) is 2.06. The Bertz CT molecular complexity index is 455. The predicted molar refractivity (Wildman–Crippen MR) is 79.9 cm³/mol. The molecule has 1 aromatic heterocycles. The summed E-state index contributed by atoms with van der Waals surface area (Å²) in [5.41, 5.74) is 1.28. The molecule has 5 nitrogen and oxygen atoms in total. The first-order valence-electron chi connectivity index (χ1n) is 7.59. The monoisotopic (exact) mass is 276 g/mol. The highest BCUT2D eigenvalue weighted by Gasteiger charge is 2.19. The average Bonchev–Trinajstić information content (AvgIpc) is 2.91. The van der Waals surface area contributed by atoms with Crippen molar-refractivity contribution in [2.24, 2.45) is 0 Å². The molecule has 5 heteroatoms. The second kappa shape index (κ2) is 7.22. The Kier molecular flexibility index (Phi) is 5.32. The summed E-state index contributed by atoms with van der Waals surface area (Å²) in [4.78, 5) is 20.8. The maximum absolute atomic E-state index is 12.2. The molecule has 1 fully saturated rings. The standard InChI is InChI=1S/C15H24N4O/c1-3-4-9-16-15-17-11(2)10-13(19-15)14(20)18-12-7-5-6-8-12/h10,12H,3-9H2,1-2H3,(H,18,20)(H,16,17,19). The summed E-state index contributed by atoms with van der Waals surface area (Å²) in [6.07, 6.45) is 6.76. The highest BCUT2D eigenvalue weighted by Crippen LogP contribution is 2.18. The number of carbonyl (C=O) groups is 1. The molecular formula is C15H24N4O. The van der Waals surface area contributed by atoms with Crippen LogP contribution in [0.25, 0.3) is 0 Å². The van der Waals surface area contributed by atoms with E-state index in [0.717, 1.165) is 37.9 Å². The summed E-state index contributed by atoms with van der Waals surface area (Å²) >= 11 is 0. The van der Waals surface area contributed by atoms with E-state index in [1.165, 1.54) is 12.8 Å². The van der Waals surface area contributed by atoms with Gasteiger partial charge in [-0.3, -0.25) is 4.79 Å². The number of nitrogens with zero attached hydrogens (tertiary/aromatic N) is 2. The van der Waals surface area contributed by atoms with Gasteiger partial charge in [-0.2, -0.15) is 0 Å². The number of aromatic nitrogens is 2. The molecule has 0 aromatic carbocycles. The number of nitrogens with one attached hydrogen (secondary N) is 2. The molecule has 1 aliphatic carbocycles. The third-order valence-electron chi connectivity index (χ3n) is 3.59. The largest absolute Gasteiger partial charge is 0.354 e. The molecule has 0 bridgehead atoms. The van der Waals surface area contributed by atoms with E-state index in [2.05, 4.69) is 27.5 Å². The fraction of sp³-hybridized carbons (Fsp3) is 0.667. The molecule has 0 spiro atoms. The van der Waals surface area contributed by atoms with Crippen LogP contribution in [0.3, 0.4) is 0 Å². The van der Waals surface area contributed by atoms with Crippen LogP contribution in [0.1, 0.15) is 61.6 Å². The normalized spacial score (nSPS) is 15.3. The third-order valence-corrected chi connectivity index (χ3v) is 3.59. The first-order chi connectivity index (χ1) is 9.69. The van der Waals surface area contributed by atoms with Gasteiger partial charge in [0.1, 0.15) is 5.69 Å². The second-order valence-electron chi connectivity index (χ2n) is 5.45. The Morgan fingerprint density at radius 1 is 1.35 bits per heavy atom. The van der Waals surface area contributed by atoms with Crippen molar-refractivity contribution in [2.45, 2.75) is 58.4 Å². The van der Waals surface area contributed by atoms with E-state index < -0.39 is 0 Å². The van der Waals surface area contributed by atoms with E-state index in [-0.39, 0.29) is 5.91 Å². The molecule has 2 rings (SSSR count). The Morgan fingerprint density at radius 2 is 2.10 bits per heavy atom. The van der Waals surface area contributed by atoms with E-state index >= 15 is 0 Å². The van der Waals surface area contributed by atoms with Gasteiger partial charge >= 0.3 is 0 Å². The molecule has 0 saturated heterocycles. The number of hydrogen-bond acceptors (Lipinski definition) is 4. The van der Waals surface area contributed by atoms with Crippen LogP contribution in [0.2, 0.25) is 0 Å². The SMILES string of the molecule is CCCCNc1nc(C)cc(C(=O)NC2CCCC2)n1. The Labute approximate surface area is 120 Å². The van der Waals surface area contributed by atoms with Crippen molar-refractivity contribution >= 4 is 11.9 Å². The molecule has 1 heterocycles. The predicted octanol–water partition coefficient (Wildman–Crippen LogP) is 2.67.